The van der Waals surface area contributed by atoms with Crippen molar-refractivity contribution in [2.45, 2.75) is 0 Å². The fourth-order valence-corrected chi connectivity index (χ4v) is 3.04. The first-order valence-electron chi connectivity index (χ1n) is 7.17. The van der Waals surface area contributed by atoms with Gasteiger partial charge >= 0.3 is 5.97 Å². The van der Waals surface area contributed by atoms with Gasteiger partial charge in [0.15, 0.2) is 6.29 Å². The Balaban J connectivity index is 0.000000209. The summed E-state index contributed by atoms with van der Waals surface area (Å²) in [4.78, 5) is 21.2. The maximum absolute atomic E-state index is 11.0. The van der Waals surface area contributed by atoms with Crippen molar-refractivity contribution in [2.24, 2.45) is 0 Å². The number of carbonyl (C=O) groups excluding carboxylic acids is 1. The standard InChI is InChI=1S/C11H8ClNO2S.C7H6O3/c12-7-3-1-6(2-4-7)8-5-16-10(13)9(8)11(14)15;8-4-5-6(9)2-1-3-7(5)10/h1-5H,13H2,(H,14,15);1-4,9-10H. The Bertz CT molecular complexity index is 917. The lowest BCUT2D eigenvalue weighted by Crippen LogP contribution is -2.00. The second-order valence-corrected chi connectivity index (χ2v) is 6.38. The predicted octanol–water partition coefficient (Wildman–Crippen LogP) is 4.26. The number of nitrogens with two attached hydrogens (primary N) is 1. The molecule has 0 unspecified atom stereocenters. The Hall–Kier alpha value is -3.03. The van der Waals surface area contributed by atoms with Crippen molar-refractivity contribution < 1.29 is 24.9 Å². The fraction of sp³-hybridized carbons (Fsp3) is 0. The Kier molecular flexibility index (Phi) is 6.21. The van der Waals surface area contributed by atoms with Crippen molar-refractivity contribution in [2.75, 3.05) is 5.73 Å². The molecule has 0 aliphatic heterocycles. The number of thiophene rings is 1. The van der Waals surface area contributed by atoms with E-state index < -0.39 is 5.97 Å². The van der Waals surface area contributed by atoms with Gasteiger partial charge in [-0.05, 0) is 29.8 Å². The minimum atomic E-state index is -1.01. The zero-order valence-corrected chi connectivity index (χ0v) is 14.8. The Morgan fingerprint density at radius 2 is 1.65 bits per heavy atom. The molecule has 134 valence electrons. The van der Waals surface area contributed by atoms with Crippen LogP contribution in [0.15, 0.2) is 47.8 Å². The molecule has 0 atom stereocenters. The molecular weight excluding hydrogens is 378 g/mol. The highest BCUT2D eigenvalue weighted by molar-refractivity contribution is 7.14. The molecule has 3 rings (SSSR count). The van der Waals surface area contributed by atoms with Crippen molar-refractivity contribution in [3.05, 3.63) is 64.0 Å². The number of hydrogen-bond acceptors (Lipinski definition) is 6. The van der Waals surface area contributed by atoms with Crippen LogP contribution in [-0.4, -0.2) is 27.6 Å². The van der Waals surface area contributed by atoms with E-state index in [0.717, 1.165) is 5.56 Å². The molecule has 8 heteroatoms. The lowest BCUT2D eigenvalue weighted by Gasteiger charge is -2.01. The van der Waals surface area contributed by atoms with Crippen LogP contribution >= 0.6 is 22.9 Å². The molecule has 0 bridgehead atoms. The van der Waals surface area contributed by atoms with E-state index in [1.165, 1.54) is 29.5 Å². The number of nitrogen functional groups attached to an aromatic ring is 1. The number of phenolic OH excluding ortho intramolecular Hbond substituents is 2. The number of carboxylic acids is 1. The number of carboxylic acid groups (broad SMARTS) is 1. The van der Waals surface area contributed by atoms with Gasteiger partial charge in [0.2, 0.25) is 0 Å². The van der Waals surface area contributed by atoms with Crippen LogP contribution in [0.3, 0.4) is 0 Å². The molecule has 26 heavy (non-hydrogen) atoms. The lowest BCUT2D eigenvalue weighted by molar-refractivity contribution is 0.0699. The highest BCUT2D eigenvalue weighted by Gasteiger charge is 2.17. The van der Waals surface area contributed by atoms with E-state index in [1.807, 2.05) is 0 Å². The van der Waals surface area contributed by atoms with Crippen LogP contribution in [0.2, 0.25) is 5.02 Å². The van der Waals surface area contributed by atoms with Crippen LogP contribution in [0.1, 0.15) is 20.7 Å². The summed E-state index contributed by atoms with van der Waals surface area (Å²) in [6.45, 7) is 0. The van der Waals surface area contributed by atoms with E-state index in [9.17, 15) is 9.59 Å². The molecule has 0 saturated heterocycles. The first kappa shape index (κ1) is 19.3. The summed E-state index contributed by atoms with van der Waals surface area (Å²) in [7, 11) is 0. The van der Waals surface area contributed by atoms with Gasteiger partial charge in [-0.15, -0.1) is 11.3 Å². The molecule has 6 nitrogen and oxygen atoms in total. The topological polar surface area (TPSA) is 121 Å². The largest absolute Gasteiger partial charge is 0.507 e. The third-order valence-electron chi connectivity index (χ3n) is 3.37. The Morgan fingerprint density at radius 3 is 2.12 bits per heavy atom. The quantitative estimate of drug-likeness (QED) is 0.495. The van der Waals surface area contributed by atoms with Crippen molar-refractivity contribution in [1.29, 1.82) is 0 Å². The smallest absolute Gasteiger partial charge is 0.339 e. The van der Waals surface area contributed by atoms with Crippen molar-refractivity contribution in [3.63, 3.8) is 0 Å². The van der Waals surface area contributed by atoms with Gasteiger partial charge in [-0.2, -0.15) is 0 Å². The second-order valence-electron chi connectivity index (χ2n) is 5.03. The van der Waals surface area contributed by atoms with E-state index in [2.05, 4.69) is 0 Å². The maximum Gasteiger partial charge on any atom is 0.339 e. The third kappa shape index (κ3) is 4.33. The van der Waals surface area contributed by atoms with Crippen molar-refractivity contribution in [1.82, 2.24) is 0 Å². The Morgan fingerprint density at radius 1 is 1.08 bits per heavy atom. The number of aldehydes is 1. The number of anilines is 1. The van der Waals surface area contributed by atoms with Gasteiger partial charge in [0.25, 0.3) is 0 Å². The molecule has 1 heterocycles. The molecule has 5 N–H and O–H groups in total. The maximum atomic E-state index is 11.0. The molecule has 0 saturated carbocycles. The summed E-state index contributed by atoms with van der Waals surface area (Å²) in [6, 6.07) is 11.1. The van der Waals surface area contributed by atoms with Crippen LogP contribution in [0.5, 0.6) is 11.5 Å². The second kappa shape index (κ2) is 8.37. The average Bonchev–Trinajstić information content (AvgIpc) is 2.98. The van der Waals surface area contributed by atoms with E-state index in [-0.39, 0.29) is 22.6 Å². The van der Waals surface area contributed by atoms with Crippen LogP contribution in [0, 0.1) is 0 Å². The molecule has 0 aliphatic rings. The monoisotopic (exact) mass is 391 g/mol. The number of carbonyl (C=O) groups is 2. The number of halogens is 1. The molecule has 0 spiro atoms. The zero-order valence-electron chi connectivity index (χ0n) is 13.2. The van der Waals surface area contributed by atoms with Gasteiger partial charge in [0.05, 0.1) is 5.56 Å². The predicted molar refractivity (Wildman–Crippen MR) is 101 cm³/mol. The van der Waals surface area contributed by atoms with Gasteiger partial charge < -0.3 is 21.1 Å². The molecule has 0 fully saturated rings. The van der Waals surface area contributed by atoms with Gasteiger partial charge in [-0.3, -0.25) is 4.79 Å². The average molecular weight is 392 g/mol. The normalized spacial score (nSPS) is 9.88. The zero-order chi connectivity index (χ0) is 19.3. The molecule has 0 aliphatic carbocycles. The number of aromatic hydroxyl groups is 2. The minimum absolute atomic E-state index is 0.0671. The third-order valence-corrected chi connectivity index (χ3v) is 4.43. The highest BCUT2D eigenvalue weighted by Crippen LogP contribution is 2.34. The first-order valence-corrected chi connectivity index (χ1v) is 8.43. The van der Waals surface area contributed by atoms with Gasteiger partial charge in [-0.1, -0.05) is 29.8 Å². The summed E-state index contributed by atoms with van der Waals surface area (Å²) in [5.74, 6) is -1.41. The lowest BCUT2D eigenvalue weighted by atomic mass is 10.0. The van der Waals surface area contributed by atoms with Crippen LogP contribution in [0.25, 0.3) is 11.1 Å². The van der Waals surface area contributed by atoms with Crippen LogP contribution in [-0.2, 0) is 0 Å². The molecule has 0 radical (unpaired) electrons. The SMILES string of the molecule is Nc1scc(-c2ccc(Cl)cc2)c1C(=O)O.O=Cc1c(O)cccc1O. The number of hydrogen-bond donors (Lipinski definition) is 4. The molecule has 1 aromatic heterocycles. The summed E-state index contributed by atoms with van der Waals surface area (Å²) in [5.41, 5.74) is 7.15. The van der Waals surface area contributed by atoms with E-state index in [1.54, 1.807) is 29.6 Å². The van der Waals surface area contributed by atoms with Crippen LogP contribution < -0.4 is 5.73 Å². The summed E-state index contributed by atoms with van der Waals surface area (Å²) in [6.07, 6.45) is 0.407. The first-order chi connectivity index (χ1) is 12.3. The summed E-state index contributed by atoms with van der Waals surface area (Å²) >= 11 is 6.99. The number of phenols is 2. The number of rotatable bonds is 3. The minimum Gasteiger partial charge on any atom is -0.507 e. The van der Waals surface area contributed by atoms with Gasteiger partial charge in [-0.25, -0.2) is 4.79 Å². The van der Waals surface area contributed by atoms with E-state index in [4.69, 9.17) is 32.7 Å². The summed E-state index contributed by atoms with van der Waals surface area (Å²) in [5, 5.41) is 29.5. The molecular formula is C18H14ClNO5S. The van der Waals surface area contributed by atoms with Crippen LogP contribution in [0.4, 0.5) is 5.00 Å². The van der Waals surface area contributed by atoms with E-state index in [0.29, 0.717) is 21.9 Å². The van der Waals surface area contributed by atoms with Gasteiger partial charge in [0.1, 0.15) is 22.1 Å². The van der Waals surface area contributed by atoms with E-state index >= 15 is 0 Å². The van der Waals surface area contributed by atoms with Crippen molar-refractivity contribution >= 4 is 40.2 Å². The fourth-order valence-electron chi connectivity index (χ4n) is 2.10. The van der Waals surface area contributed by atoms with Crippen molar-refractivity contribution in [3.8, 4) is 22.6 Å². The number of aromatic carboxylic acids is 1. The number of benzene rings is 2. The van der Waals surface area contributed by atoms with Gasteiger partial charge in [0, 0.05) is 16.0 Å². The summed E-state index contributed by atoms with van der Waals surface area (Å²) < 4.78 is 0. The molecule has 3 aromatic rings. The molecule has 0 amide bonds. The highest BCUT2D eigenvalue weighted by atomic mass is 35.5. The Labute approximate surface area is 157 Å². The molecule has 2 aromatic carbocycles.